The number of halogens is 1. The van der Waals surface area contributed by atoms with Crippen molar-refractivity contribution in [3.63, 3.8) is 0 Å². The molecule has 2 rings (SSSR count). The van der Waals surface area contributed by atoms with Crippen LogP contribution in [0.3, 0.4) is 0 Å². The fraction of sp³-hybridized carbons (Fsp3) is 0.562. The summed E-state index contributed by atoms with van der Waals surface area (Å²) in [4.78, 5) is 14.4. The van der Waals surface area contributed by atoms with Crippen molar-refractivity contribution >= 4 is 21.8 Å². The summed E-state index contributed by atoms with van der Waals surface area (Å²) in [6.45, 7) is 4.08. The van der Waals surface area contributed by atoms with Gasteiger partial charge in [0.2, 0.25) is 0 Å². The highest BCUT2D eigenvalue weighted by atomic mass is 79.9. The van der Waals surface area contributed by atoms with E-state index in [-0.39, 0.29) is 5.91 Å². The number of amides is 1. The molecule has 3 heteroatoms. The lowest BCUT2D eigenvalue weighted by molar-refractivity contribution is 0.0686. The SMILES string of the molecule is CCCC1CCN(C(=O)c2ccc(CBr)cc2)CC1. The molecular formula is C16H22BrNO. The van der Waals surface area contributed by atoms with E-state index in [1.807, 2.05) is 29.2 Å². The molecule has 1 aromatic rings. The van der Waals surface area contributed by atoms with Crippen molar-refractivity contribution in [1.82, 2.24) is 4.90 Å². The minimum absolute atomic E-state index is 0.191. The zero-order chi connectivity index (χ0) is 13.7. The maximum atomic E-state index is 12.4. The van der Waals surface area contributed by atoms with Crippen LogP contribution in [0.2, 0.25) is 0 Å². The molecule has 1 aromatic carbocycles. The average molecular weight is 324 g/mol. The molecule has 0 atom stereocenters. The van der Waals surface area contributed by atoms with Gasteiger partial charge in [-0.1, -0.05) is 47.8 Å². The highest BCUT2D eigenvalue weighted by Gasteiger charge is 2.22. The normalized spacial score (nSPS) is 16.6. The van der Waals surface area contributed by atoms with Gasteiger partial charge in [-0.25, -0.2) is 0 Å². The Bertz CT molecular complexity index is 407. The fourth-order valence-electron chi connectivity index (χ4n) is 2.75. The maximum Gasteiger partial charge on any atom is 0.253 e. The molecule has 104 valence electrons. The minimum atomic E-state index is 0.191. The van der Waals surface area contributed by atoms with Gasteiger partial charge in [0.15, 0.2) is 0 Å². The van der Waals surface area contributed by atoms with Gasteiger partial charge >= 0.3 is 0 Å². The molecule has 1 aliphatic heterocycles. The smallest absolute Gasteiger partial charge is 0.253 e. The number of benzene rings is 1. The summed E-state index contributed by atoms with van der Waals surface area (Å²) in [5.41, 5.74) is 2.02. The molecule has 0 aromatic heterocycles. The molecule has 0 N–H and O–H groups in total. The lowest BCUT2D eigenvalue weighted by atomic mass is 9.92. The van der Waals surface area contributed by atoms with E-state index < -0.39 is 0 Å². The van der Waals surface area contributed by atoms with Gasteiger partial charge in [-0.2, -0.15) is 0 Å². The molecule has 0 spiro atoms. The molecule has 2 nitrogen and oxygen atoms in total. The molecule has 1 saturated heterocycles. The fourth-order valence-corrected chi connectivity index (χ4v) is 3.13. The lowest BCUT2D eigenvalue weighted by Crippen LogP contribution is -2.38. The van der Waals surface area contributed by atoms with E-state index >= 15 is 0 Å². The van der Waals surface area contributed by atoms with Crippen LogP contribution in [0.5, 0.6) is 0 Å². The molecule has 0 saturated carbocycles. The van der Waals surface area contributed by atoms with Gasteiger partial charge in [0.1, 0.15) is 0 Å². The number of hydrogen-bond acceptors (Lipinski definition) is 1. The van der Waals surface area contributed by atoms with Gasteiger partial charge in [-0.15, -0.1) is 0 Å². The first-order valence-corrected chi connectivity index (χ1v) is 8.31. The van der Waals surface area contributed by atoms with Crippen LogP contribution in [0.25, 0.3) is 0 Å². The van der Waals surface area contributed by atoms with Crippen molar-refractivity contribution in [2.24, 2.45) is 5.92 Å². The molecule has 1 fully saturated rings. The molecule has 1 amide bonds. The summed E-state index contributed by atoms with van der Waals surface area (Å²) in [5, 5.41) is 0.837. The van der Waals surface area contributed by atoms with Crippen molar-refractivity contribution < 1.29 is 4.79 Å². The monoisotopic (exact) mass is 323 g/mol. The summed E-state index contributed by atoms with van der Waals surface area (Å²) in [7, 11) is 0. The van der Waals surface area contributed by atoms with E-state index in [4.69, 9.17) is 0 Å². The first-order chi connectivity index (χ1) is 9.24. The van der Waals surface area contributed by atoms with Crippen molar-refractivity contribution in [1.29, 1.82) is 0 Å². The highest BCUT2D eigenvalue weighted by molar-refractivity contribution is 9.08. The summed E-state index contributed by atoms with van der Waals surface area (Å²) in [5.74, 6) is 1.01. The molecule has 19 heavy (non-hydrogen) atoms. The summed E-state index contributed by atoms with van der Waals surface area (Å²) in [6.07, 6.45) is 4.90. The Balaban J connectivity index is 1.93. The Morgan fingerprint density at radius 2 is 1.89 bits per heavy atom. The summed E-state index contributed by atoms with van der Waals surface area (Å²) in [6, 6.07) is 7.92. The van der Waals surface area contributed by atoms with Crippen LogP contribution in [-0.2, 0) is 5.33 Å². The van der Waals surface area contributed by atoms with E-state index in [2.05, 4.69) is 22.9 Å². The largest absolute Gasteiger partial charge is 0.339 e. The quantitative estimate of drug-likeness (QED) is 0.759. The van der Waals surface area contributed by atoms with E-state index in [0.29, 0.717) is 0 Å². The molecule has 1 aliphatic rings. The second kappa shape index (κ2) is 7.09. The number of alkyl halides is 1. The predicted molar refractivity (Wildman–Crippen MR) is 82.6 cm³/mol. The van der Waals surface area contributed by atoms with Crippen LogP contribution in [0.4, 0.5) is 0 Å². The van der Waals surface area contributed by atoms with Crippen molar-refractivity contribution in [3.05, 3.63) is 35.4 Å². The van der Waals surface area contributed by atoms with Crippen LogP contribution in [0, 0.1) is 5.92 Å². The van der Waals surface area contributed by atoms with E-state index in [1.54, 1.807) is 0 Å². The third-order valence-corrected chi connectivity index (χ3v) is 4.60. The van der Waals surface area contributed by atoms with Crippen LogP contribution in [-0.4, -0.2) is 23.9 Å². The van der Waals surface area contributed by atoms with Crippen molar-refractivity contribution in [2.45, 2.75) is 37.9 Å². The topological polar surface area (TPSA) is 20.3 Å². The number of piperidine rings is 1. The first-order valence-electron chi connectivity index (χ1n) is 7.18. The van der Waals surface area contributed by atoms with Gasteiger partial charge in [0, 0.05) is 24.0 Å². The zero-order valence-corrected chi connectivity index (χ0v) is 13.2. The van der Waals surface area contributed by atoms with Crippen LogP contribution in [0.1, 0.15) is 48.5 Å². The van der Waals surface area contributed by atoms with Crippen molar-refractivity contribution in [3.8, 4) is 0 Å². The van der Waals surface area contributed by atoms with Crippen LogP contribution in [0.15, 0.2) is 24.3 Å². The second-order valence-corrected chi connectivity index (χ2v) is 5.92. The molecule has 0 aliphatic carbocycles. The van der Waals surface area contributed by atoms with Gasteiger partial charge < -0.3 is 4.90 Å². The van der Waals surface area contributed by atoms with Crippen LogP contribution >= 0.6 is 15.9 Å². The number of hydrogen-bond donors (Lipinski definition) is 0. The average Bonchev–Trinajstić information content (AvgIpc) is 2.48. The van der Waals surface area contributed by atoms with Gasteiger partial charge in [-0.3, -0.25) is 4.79 Å². The molecule has 0 unspecified atom stereocenters. The molecule has 1 heterocycles. The third-order valence-electron chi connectivity index (χ3n) is 3.95. The minimum Gasteiger partial charge on any atom is -0.339 e. The second-order valence-electron chi connectivity index (χ2n) is 5.35. The third kappa shape index (κ3) is 3.82. The number of nitrogens with zero attached hydrogens (tertiary/aromatic N) is 1. The van der Waals surface area contributed by atoms with Gasteiger partial charge in [0.25, 0.3) is 5.91 Å². The summed E-state index contributed by atoms with van der Waals surface area (Å²) >= 11 is 3.42. The predicted octanol–water partition coefficient (Wildman–Crippen LogP) is 4.23. The molecular weight excluding hydrogens is 302 g/mol. The number of carbonyl (C=O) groups is 1. The van der Waals surface area contributed by atoms with Crippen LogP contribution < -0.4 is 0 Å². The van der Waals surface area contributed by atoms with E-state index in [0.717, 1.165) is 29.9 Å². The maximum absolute atomic E-state index is 12.4. The Kier molecular flexibility index (Phi) is 5.44. The molecule has 0 bridgehead atoms. The van der Waals surface area contributed by atoms with E-state index in [1.165, 1.54) is 31.2 Å². The Morgan fingerprint density at radius 3 is 2.42 bits per heavy atom. The highest BCUT2D eigenvalue weighted by Crippen LogP contribution is 2.23. The standard InChI is InChI=1S/C16H22BrNO/c1-2-3-13-8-10-18(11-9-13)16(19)15-6-4-14(12-17)5-7-15/h4-7,13H,2-3,8-12H2,1H3. The first kappa shape index (κ1) is 14.6. The van der Waals surface area contributed by atoms with Gasteiger partial charge in [-0.05, 0) is 36.5 Å². The van der Waals surface area contributed by atoms with Gasteiger partial charge in [0.05, 0.1) is 0 Å². The van der Waals surface area contributed by atoms with Crippen molar-refractivity contribution in [2.75, 3.05) is 13.1 Å². The molecule has 0 radical (unpaired) electrons. The van der Waals surface area contributed by atoms with E-state index in [9.17, 15) is 4.79 Å². The zero-order valence-electron chi connectivity index (χ0n) is 11.6. The lowest BCUT2D eigenvalue weighted by Gasteiger charge is -2.32. The Hall–Kier alpha value is -0.830. The Labute approximate surface area is 124 Å². The Morgan fingerprint density at radius 1 is 1.26 bits per heavy atom. The number of rotatable bonds is 4. The number of carbonyl (C=O) groups excluding carboxylic acids is 1. The summed E-state index contributed by atoms with van der Waals surface area (Å²) < 4.78 is 0. The number of likely N-dealkylation sites (tertiary alicyclic amines) is 1.